The quantitative estimate of drug-likeness (QED) is 0.292. The number of alkyl halides is 2. The average Bonchev–Trinajstić information content (AvgIpc) is 3.37. The number of fused-ring (bicyclic) bond motifs is 1. The Morgan fingerprint density at radius 2 is 1.89 bits per heavy atom. The maximum Gasteiger partial charge on any atom is 0.402 e. The highest BCUT2D eigenvalue weighted by molar-refractivity contribution is 6.00. The summed E-state index contributed by atoms with van der Waals surface area (Å²) in [6, 6.07) is 10.5. The monoisotopic (exact) mass is 482 g/mol. The standard InChI is InChI=1S/C23H17F3N6O3/c24-22-32-31-21(35-22)15-10-27-19(9-17(15)29-18(11-33)12-4-2-1-3-5-12)28-13-6-7-14-16(8-13)23(25,26)30-20(14)34/h1-10,18,33H,11H2,(H,30,34)(H2,27,28,29)/t18-/m1/s1. The molecule has 0 radical (unpaired) electrons. The minimum atomic E-state index is -3.49. The third-order valence-electron chi connectivity index (χ3n) is 5.39. The van der Waals surface area contributed by atoms with Crippen LogP contribution < -0.4 is 16.0 Å². The second-order valence-electron chi connectivity index (χ2n) is 7.68. The Morgan fingerprint density at radius 1 is 1.09 bits per heavy atom. The summed E-state index contributed by atoms with van der Waals surface area (Å²) in [6.45, 7) is -0.270. The van der Waals surface area contributed by atoms with Crippen LogP contribution in [0.1, 0.15) is 27.5 Å². The SMILES string of the molecule is O=C1NC(F)(F)c2cc(Nc3cc(N[C@H](CO)c4ccccc4)c(-c4nnc(F)o4)cn3)ccc21. The Bertz CT molecular complexity index is 1400. The molecule has 2 aromatic heterocycles. The number of benzene rings is 2. The molecule has 1 amide bonds. The molecule has 3 heterocycles. The largest absolute Gasteiger partial charge is 0.402 e. The smallest absolute Gasteiger partial charge is 0.394 e. The lowest BCUT2D eigenvalue weighted by Gasteiger charge is -2.20. The van der Waals surface area contributed by atoms with Crippen molar-refractivity contribution in [1.29, 1.82) is 0 Å². The van der Waals surface area contributed by atoms with Crippen LogP contribution in [-0.2, 0) is 6.05 Å². The van der Waals surface area contributed by atoms with Crippen LogP contribution in [-0.4, -0.2) is 32.8 Å². The first kappa shape index (κ1) is 22.3. The first-order chi connectivity index (χ1) is 16.8. The first-order valence-electron chi connectivity index (χ1n) is 10.4. The number of amides is 1. The van der Waals surface area contributed by atoms with Crippen LogP contribution in [0.5, 0.6) is 0 Å². The van der Waals surface area contributed by atoms with Gasteiger partial charge in [-0.05, 0) is 23.8 Å². The summed E-state index contributed by atoms with van der Waals surface area (Å²) < 4.78 is 46.5. The van der Waals surface area contributed by atoms with Gasteiger partial charge < -0.3 is 20.2 Å². The summed E-state index contributed by atoms with van der Waals surface area (Å²) in [7, 11) is 0. The van der Waals surface area contributed by atoms with Crippen molar-refractivity contribution in [1.82, 2.24) is 20.5 Å². The lowest BCUT2D eigenvalue weighted by Crippen LogP contribution is -2.29. The molecule has 0 aliphatic carbocycles. The van der Waals surface area contributed by atoms with Gasteiger partial charge in [-0.15, -0.1) is 9.49 Å². The summed E-state index contributed by atoms with van der Waals surface area (Å²) in [4.78, 5) is 16.0. The Balaban J connectivity index is 1.50. The molecule has 5 rings (SSSR count). The fourth-order valence-corrected chi connectivity index (χ4v) is 3.74. The number of anilines is 3. The van der Waals surface area contributed by atoms with Crippen molar-refractivity contribution in [2.75, 3.05) is 17.2 Å². The number of halogens is 3. The van der Waals surface area contributed by atoms with Crippen molar-refractivity contribution in [2.45, 2.75) is 12.1 Å². The number of rotatable bonds is 7. The number of nitrogens with zero attached hydrogens (tertiary/aromatic N) is 3. The van der Waals surface area contributed by atoms with E-state index in [9.17, 15) is 23.1 Å². The number of carbonyl (C=O) groups is 1. The van der Waals surface area contributed by atoms with E-state index in [1.54, 1.807) is 5.32 Å². The van der Waals surface area contributed by atoms with Crippen LogP contribution in [0.15, 0.2) is 65.2 Å². The Kier molecular flexibility index (Phi) is 5.57. The number of nitrogens with one attached hydrogen (secondary N) is 3. The maximum atomic E-state index is 14.1. The van der Waals surface area contributed by atoms with Gasteiger partial charge in [-0.1, -0.05) is 35.4 Å². The van der Waals surface area contributed by atoms with E-state index in [0.717, 1.165) is 11.6 Å². The predicted octanol–water partition coefficient (Wildman–Crippen LogP) is 3.95. The molecule has 35 heavy (non-hydrogen) atoms. The Morgan fingerprint density at radius 3 is 2.60 bits per heavy atom. The van der Waals surface area contributed by atoms with Crippen molar-refractivity contribution in [3.05, 3.63) is 83.6 Å². The summed E-state index contributed by atoms with van der Waals surface area (Å²) in [6.07, 6.45) is 0.210. The van der Waals surface area contributed by atoms with Gasteiger partial charge in [0, 0.05) is 18.0 Å². The number of hydrogen-bond acceptors (Lipinski definition) is 8. The van der Waals surface area contributed by atoms with Gasteiger partial charge in [0.25, 0.3) is 11.8 Å². The highest BCUT2D eigenvalue weighted by Gasteiger charge is 2.44. The van der Waals surface area contributed by atoms with Gasteiger partial charge in [0.1, 0.15) is 5.82 Å². The molecule has 0 saturated carbocycles. The van der Waals surface area contributed by atoms with Gasteiger partial charge >= 0.3 is 12.2 Å². The molecule has 1 atom stereocenters. The molecule has 0 spiro atoms. The lowest BCUT2D eigenvalue weighted by atomic mass is 10.1. The highest BCUT2D eigenvalue weighted by Crippen LogP contribution is 2.37. The van der Waals surface area contributed by atoms with Crippen LogP contribution in [0.25, 0.3) is 11.5 Å². The van der Waals surface area contributed by atoms with Crippen molar-refractivity contribution in [3.8, 4) is 11.5 Å². The zero-order valence-corrected chi connectivity index (χ0v) is 17.8. The van der Waals surface area contributed by atoms with E-state index in [4.69, 9.17) is 4.42 Å². The number of hydrogen-bond donors (Lipinski definition) is 4. The highest BCUT2D eigenvalue weighted by atomic mass is 19.3. The molecule has 0 bridgehead atoms. The maximum absolute atomic E-state index is 14.1. The van der Waals surface area contributed by atoms with Gasteiger partial charge in [0.15, 0.2) is 0 Å². The fourth-order valence-electron chi connectivity index (χ4n) is 3.74. The molecule has 9 nitrogen and oxygen atoms in total. The van der Waals surface area contributed by atoms with Crippen molar-refractivity contribution >= 4 is 23.1 Å². The average molecular weight is 482 g/mol. The number of carbonyl (C=O) groups excluding carboxylic acids is 1. The number of aromatic nitrogens is 3. The second-order valence-corrected chi connectivity index (χ2v) is 7.68. The lowest BCUT2D eigenvalue weighted by molar-refractivity contribution is -0.0241. The Hall–Kier alpha value is -4.45. The molecule has 0 fully saturated rings. The van der Waals surface area contributed by atoms with Gasteiger partial charge in [0.2, 0.25) is 0 Å². The van der Waals surface area contributed by atoms with E-state index >= 15 is 0 Å². The van der Waals surface area contributed by atoms with E-state index in [1.165, 1.54) is 24.4 Å². The Labute approximate surface area is 196 Å². The molecular weight excluding hydrogens is 465 g/mol. The minimum absolute atomic E-state index is 0.113. The molecule has 1 aliphatic heterocycles. The van der Waals surface area contributed by atoms with Crippen molar-refractivity contribution in [2.24, 2.45) is 0 Å². The topological polar surface area (TPSA) is 125 Å². The molecule has 1 aliphatic rings. The molecule has 2 aromatic carbocycles. The van der Waals surface area contributed by atoms with Gasteiger partial charge in [-0.3, -0.25) is 10.1 Å². The minimum Gasteiger partial charge on any atom is -0.394 e. The fraction of sp³-hybridized carbons (Fsp3) is 0.130. The predicted molar refractivity (Wildman–Crippen MR) is 118 cm³/mol. The van der Waals surface area contributed by atoms with Crippen LogP contribution in [0, 0.1) is 6.14 Å². The van der Waals surface area contributed by atoms with E-state index < -0.39 is 29.7 Å². The van der Waals surface area contributed by atoms with Crippen LogP contribution in [0.3, 0.4) is 0 Å². The summed E-state index contributed by atoms with van der Waals surface area (Å²) in [5.74, 6) is -0.759. The molecular formula is C23H17F3N6O3. The molecule has 0 saturated heterocycles. The van der Waals surface area contributed by atoms with Crippen molar-refractivity contribution < 1.29 is 27.5 Å². The summed E-state index contributed by atoms with van der Waals surface area (Å²) in [5, 5.41) is 24.5. The van der Waals surface area contributed by atoms with E-state index in [2.05, 4.69) is 25.8 Å². The number of aliphatic hydroxyl groups excluding tert-OH is 1. The third kappa shape index (κ3) is 4.38. The molecule has 12 heteroatoms. The first-order valence-corrected chi connectivity index (χ1v) is 10.4. The molecule has 0 unspecified atom stereocenters. The molecule has 178 valence electrons. The normalized spacial score (nSPS) is 14.8. The van der Waals surface area contributed by atoms with Gasteiger partial charge in [0.05, 0.1) is 35.0 Å². The van der Waals surface area contributed by atoms with E-state index in [0.29, 0.717) is 5.69 Å². The van der Waals surface area contributed by atoms with Gasteiger partial charge in [-0.2, -0.15) is 8.78 Å². The van der Waals surface area contributed by atoms with Crippen molar-refractivity contribution in [3.63, 3.8) is 0 Å². The zero-order chi connectivity index (χ0) is 24.6. The number of pyridine rings is 1. The summed E-state index contributed by atoms with van der Waals surface area (Å²) >= 11 is 0. The van der Waals surface area contributed by atoms with Crippen LogP contribution in [0.2, 0.25) is 0 Å². The summed E-state index contributed by atoms with van der Waals surface area (Å²) in [5.41, 5.74) is 1.10. The van der Waals surface area contributed by atoms with E-state index in [1.807, 2.05) is 30.3 Å². The third-order valence-corrected chi connectivity index (χ3v) is 5.39. The van der Waals surface area contributed by atoms with Crippen LogP contribution in [0.4, 0.5) is 30.4 Å². The zero-order valence-electron chi connectivity index (χ0n) is 17.8. The van der Waals surface area contributed by atoms with E-state index in [-0.39, 0.29) is 35.1 Å². The van der Waals surface area contributed by atoms with Gasteiger partial charge in [-0.25, -0.2) is 4.98 Å². The second kappa shape index (κ2) is 8.72. The number of aliphatic hydroxyl groups is 1. The molecule has 4 N–H and O–H groups in total. The van der Waals surface area contributed by atoms with Crippen LogP contribution >= 0.6 is 0 Å². The molecule has 4 aromatic rings.